The van der Waals surface area contributed by atoms with Crippen LogP contribution in [0.1, 0.15) is 30.7 Å². The molecule has 1 saturated carbocycles. The Kier molecular flexibility index (Phi) is 3.74. The van der Waals surface area contributed by atoms with E-state index >= 15 is 0 Å². The van der Waals surface area contributed by atoms with E-state index in [1.54, 1.807) is 12.1 Å². The molecule has 1 saturated heterocycles. The Morgan fingerprint density at radius 1 is 1.30 bits per heavy atom. The first-order chi connectivity index (χ1) is 9.70. The number of halogens is 1. The normalized spacial score (nSPS) is 26.6. The fraction of sp³-hybridized carbons (Fsp3) is 0.562. The summed E-state index contributed by atoms with van der Waals surface area (Å²) >= 11 is 0. The third-order valence-electron chi connectivity index (χ3n) is 4.67. The number of piperidine rings is 1. The first-order valence-electron chi connectivity index (χ1n) is 7.44. The minimum Gasteiger partial charge on any atom is -0.342 e. The molecule has 3 nitrogen and oxygen atoms in total. The van der Waals surface area contributed by atoms with Crippen LogP contribution in [0, 0.1) is 17.7 Å². The van der Waals surface area contributed by atoms with Crippen molar-refractivity contribution in [3.8, 4) is 0 Å². The lowest BCUT2D eigenvalue weighted by atomic mass is 9.96. The van der Waals surface area contributed by atoms with Gasteiger partial charge in [-0.05, 0) is 49.3 Å². The van der Waals surface area contributed by atoms with Gasteiger partial charge in [0.1, 0.15) is 5.82 Å². The van der Waals surface area contributed by atoms with E-state index in [9.17, 15) is 9.18 Å². The van der Waals surface area contributed by atoms with E-state index in [0.29, 0.717) is 18.0 Å². The Morgan fingerprint density at radius 3 is 2.65 bits per heavy atom. The number of carbonyl (C=O) groups is 1. The molecule has 2 N–H and O–H groups in total. The minimum atomic E-state index is -0.186. The van der Waals surface area contributed by atoms with Gasteiger partial charge in [-0.15, -0.1) is 0 Å². The van der Waals surface area contributed by atoms with Crippen LogP contribution in [0.4, 0.5) is 4.39 Å². The molecule has 1 heterocycles. The predicted octanol–water partition coefficient (Wildman–Crippen LogP) is 2.13. The standard InChI is InChI=1S/C16H21FN2O/c17-15-4-2-1-3-12(15)13-9-14(13)16(20)19-7-5-11(10-18)6-8-19/h1-4,11,13-14H,5-10,18H2. The van der Waals surface area contributed by atoms with Gasteiger partial charge in [0.25, 0.3) is 0 Å². The van der Waals surface area contributed by atoms with Crippen molar-refractivity contribution in [3.05, 3.63) is 35.6 Å². The van der Waals surface area contributed by atoms with E-state index in [1.165, 1.54) is 6.07 Å². The highest BCUT2D eigenvalue weighted by atomic mass is 19.1. The zero-order valence-corrected chi connectivity index (χ0v) is 11.6. The van der Waals surface area contributed by atoms with Gasteiger partial charge in [-0.25, -0.2) is 4.39 Å². The molecule has 0 spiro atoms. The molecule has 0 aromatic heterocycles. The van der Waals surface area contributed by atoms with Gasteiger partial charge in [0.2, 0.25) is 5.91 Å². The van der Waals surface area contributed by atoms with Gasteiger partial charge in [-0.1, -0.05) is 18.2 Å². The van der Waals surface area contributed by atoms with Gasteiger partial charge < -0.3 is 10.6 Å². The van der Waals surface area contributed by atoms with Crippen molar-refractivity contribution in [3.63, 3.8) is 0 Å². The maximum absolute atomic E-state index is 13.7. The number of likely N-dealkylation sites (tertiary alicyclic amines) is 1. The molecule has 1 aliphatic heterocycles. The van der Waals surface area contributed by atoms with Crippen LogP contribution in [0.3, 0.4) is 0 Å². The van der Waals surface area contributed by atoms with Crippen LogP contribution in [0.15, 0.2) is 24.3 Å². The zero-order valence-electron chi connectivity index (χ0n) is 11.6. The summed E-state index contributed by atoms with van der Waals surface area (Å²) in [6, 6.07) is 6.80. The van der Waals surface area contributed by atoms with Crippen LogP contribution in [0.2, 0.25) is 0 Å². The fourth-order valence-electron chi connectivity index (χ4n) is 3.21. The summed E-state index contributed by atoms with van der Waals surface area (Å²) in [6.07, 6.45) is 2.79. The van der Waals surface area contributed by atoms with E-state index in [1.807, 2.05) is 11.0 Å². The smallest absolute Gasteiger partial charge is 0.226 e. The SMILES string of the molecule is NCC1CCN(C(=O)C2CC2c2ccccc2F)CC1. The number of nitrogens with zero attached hydrogens (tertiary/aromatic N) is 1. The van der Waals surface area contributed by atoms with Crippen LogP contribution >= 0.6 is 0 Å². The molecular formula is C16H21FN2O. The summed E-state index contributed by atoms with van der Waals surface area (Å²) in [4.78, 5) is 14.4. The molecule has 2 aliphatic rings. The number of rotatable bonds is 3. The minimum absolute atomic E-state index is 0.0127. The lowest BCUT2D eigenvalue weighted by Gasteiger charge is -2.31. The number of benzene rings is 1. The highest BCUT2D eigenvalue weighted by Crippen LogP contribution is 2.49. The van der Waals surface area contributed by atoms with E-state index in [2.05, 4.69) is 0 Å². The van der Waals surface area contributed by atoms with Crippen molar-refractivity contribution in [2.45, 2.75) is 25.2 Å². The first kappa shape index (κ1) is 13.6. The molecule has 4 heteroatoms. The Balaban J connectivity index is 1.60. The highest BCUT2D eigenvalue weighted by molar-refractivity contribution is 5.83. The summed E-state index contributed by atoms with van der Waals surface area (Å²) in [6.45, 7) is 2.33. The molecule has 1 amide bonds. The molecule has 2 fully saturated rings. The lowest BCUT2D eigenvalue weighted by Crippen LogP contribution is -2.41. The topological polar surface area (TPSA) is 46.3 Å². The summed E-state index contributed by atoms with van der Waals surface area (Å²) < 4.78 is 13.7. The van der Waals surface area contributed by atoms with Gasteiger partial charge in [0.05, 0.1) is 0 Å². The monoisotopic (exact) mass is 276 g/mol. The largest absolute Gasteiger partial charge is 0.342 e. The first-order valence-corrected chi connectivity index (χ1v) is 7.44. The Hall–Kier alpha value is -1.42. The van der Waals surface area contributed by atoms with Gasteiger partial charge in [0, 0.05) is 19.0 Å². The summed E-state index contributed by atoms with van der Waals surface area (Å²) in [5.41, 5.74) is 6.36. The van der Waals surface area contributed by atoms with E-state index in [-0.39, 0.29) is 23.6 Å². The molecular weight excluding hydrogens is 255 g/mol. The molecule has 1 aromatic carbocycles. The number of carbonyl (C=O) groups excluding carboxylic acids is 1. The van der Waals surface area contributed by atoms with Crippen molar-refractivity contribution in [2.24, 2.45) is 17.6 Å². The molecule has 3 rings (SSSR count). The second-order valence-electron chi connectivity index (χ2n) is 5.97. The predicted molar refractivity (Wildman–Crippen MR) is 75.6 cm³/mol. The van der Waals surface area contributed by atoms with Gasteiger partial charge in [0.15, 0.2) is 0 Å². The maximum Gasteiger partial charge on any atom is 0.226 e. The third-order valence-corrected chi connectivity index (χ3v) is 4.67. The van der Waals surface area contributed by atoms with Crippen molar-refractivity contribution < 1.29 is 9.18 Å². The number of nitrogens with two attached hydrogens (primary N) is 1. The van der Waals surface area contributed by atoms with Crippen LogP contribution in [0.25, 0.3) is 0 Å². The lowest BCUT2D eigenvalue weighted by molar-refractivity contribution is -0.134. The molecule has 2 unspecified atom stereocenters. The molecule has 0 radical (unpaired) electrons. The van der Waals surface area contributed by atoms with Gasteiger partial charge >= 0.3 is 0 Å². The summed E-state index contributed by atoms with van der Waals surface area (Å²) in [5, 5.41) is 0. The second-order valence-corrected chi connectivity index (χ2v) is 5.97. The molecule has 1 aromatic rings. The quantitative estimate of drug-likeness (QED) is 0.919. The van der Waals surface area contributed by atoms with Crippen LogP contribution in [0.5, 0.6) is 0 Å². The molecule has 20 heavy (non-hydrogen) atoms. The molecule has 0 bridgehead atoms. The number of amides is 1. The second kappa shape index (κ2) is 5.52. The van der Waals surface area contributed by atoms with E-state index < -0.39 is 0 Å². The van der Waals surface area contributed by atoms with Crippen molar-refractivity contribution >= 4 is 5.91 Å². The van der Waals surface area contributed by atoms with Gasteiger partial charge in [-0.3, -0.25) is 4.79 Å². The average molecular weight is 276 g/mol. The average Bonchev–Trinajstić information content (AvgIpc) is 3.27. The van der Waals surface area contributed by atoms with E-state index in [0.717, 1.165) is 32.4 Å². The van der Waals surface area contributed by atoms with Crippen molar-refractivity contribution in [2.75, 3.05) is 19.6 Å². The highest BCUT2D eigenvalue weighted by Gasteiger charge is 2.47. The van der Waals surface area contributed by atoms with Crippen LogP contribution in [-0.2, 0) is 4.79 Å². The van der Waals surface area contributed by atoms with Crippen molar-refractivity contribution in [1.82, 2.24) is 4.90 Å². The molecule has 2 atom stereocenters. The third kappa shape index (κ3) is 2.57. The number of hydrogen-bond donors (Lipinski definition) is 1. The van der Waals surface area contributed by atoms with Gasteiger partial charge in [-0.2, -0.15) is 0 Å². The number of hydrogen-bond acceptors (Lipinski definition) is 2. The van der Waals surface area contributed by atoms with Crippen LogP contribution < -0.4 is 5.73 Å². The summed E-state index contributed by atoms with van der Waals surface area (Å²) in [7, 11) is 0. The summed E-state index contributed by atoms with van der Waals surface area (Å²) in [5.74, 6) is 0.640. The van der Waals surface area contributed by atoms with Crippen LogP contribution in [-0.4, -0.2) is 30.4 Å². The van der Waals surface area contributed by atoms with Crippen molar-refractivity contribution in [1.29, 1.82) is 0 Å². The molecule has 1 aliphatic carbocycles. The van der Waals surface area contributed by atoms with E-state index in [4.69, 9.17) is 5.73 Å². The maximum atomic E-state index is 13.7. The zero-order chi connectivity index (χ0) is 14.1. The Bertz CT molecular complexity index is 497. The fourth-order valence-corrected chi connectivity index (χ4v) is 3.21. The molecule has 108 valence electrons. The Labute approximate surface area is 118 Å². The Morgan fingerprint density at radius 2 is 2.00 bits per heavy atom.